The number of aryl methyl sites for hydroxylation is 1. The molecule has 0 aliphatic carbocycles. The first-order valence-corrected chi connectivity index (χ1v) is 11.6. The van der Waals surface area contributed by atoms with Gasteiger partial charge < -0.3 is 4.74 Å². The molecule has 0 unspecified atom stereocenters. The van der Waals surface area contributed by atoms with E-state index in [0.717, 1.165) is 42.8 Å². The highest BCUT2D eigenvalue weighted by molar-refractivity contribution is 9.11. The van der Waals surface area contributed by atoms with Crippen LogP contribution in [0.15, 0.2) is 87.3 Å². The van der Waals surface area contributed by atoms with E-state index in [1.165, 1.54) is 0 Å². The molecule has 0 saturated heterocycles. The van der Waals surface area contributed by atoms with Gasteiger partial charge in [0.25, 0.3) is 5.91 Å². The van der Waals surface area contributed by atoms with Crippen molar-refractivity contribution < 1.29 is 9.53 Å². The summed E-state index contributed by atoms with van der Waals surface area (Å²) in [4.78, 5) is 15.3. The first-order chi connectivity index (χ1) is 15.0. The normalized spacial score (nSPS) is 14.8. The second-order valence-electron chi connectivity index (χ2n) is 7.21. The lowest BCUT2D eigenvalue weighted by atomic mass is 10.1. The molecule has 0 bridgehead atoms. The molecule has 0 N–H and O–H groups in total. The number of nitrogens with zero attached hydrogens (tertiary/aromatic N) is 1. The van der Waals surface area contributed by atoms with Gasteiger partial charge in [0.15, 0.2) is 0 Å². The number of carbonyl (C=O) groups excluding carboxylic acids is 1. The fraction of sp³-hybridized carbons (Fsp3) is 0.115. The van der Waals surface area contributed by atoms with E-state index in [1.54, 1.807) is 4.90 Å². The number of benzene rings is 3. The van der Waals surface area contributed by atoms with Crippen LogP contribution in [0.5, 0.6) is 5.75 Å². The predicted octanol–water partition coefficient (Wildman–Crippen LogP) is 7.39. The van der Waals surface area contributed by atoms with Crippen LogP contribution in [0, 0.1) is 6.92 Å². The monoisotopic (exact) mass is 537 g/mol. The third kappa shape index (κ3) is 4.53. The zero-order valence-corrected chi connectivity index (χ0v) is 20.4. The Morgan fingerprint density at radius 3 is 2.42 bits per heavy atom. The van der Waals surface area contributed by atoms with Crippen molar-refractivity contribution in [3.63, 3.8) is 0 Å². The van der Waals surface area contributed by atoms with Crippen LogP contribution in [0.2, 0.25) is 0 Å². The molecular weight excluding hydrogens is 518 g/mol. The van der Waals surface area contributed by atoms with Gasteiger partial charge in [0, 0.05) is 10.0 Å². The third-order valence-electron chi connectivity index (χ3n) is 4.97. The van der Waals surface area contributed by atoms with E-state index in [2.05, 4.69) is 31.9 Å². The molecule has 1 amide bonds. The first-order valence-electron chi connectivity index (χ1n) is 9.99. The minimum Gasteiger partial charge on any atom is -0.493 e. The van der Waals surface area contributed by atoms with Crippen molar-refractivity contribution >= 4 is 55.2 Å². The quantitative estimate of drug-likeness (QED) is 0.317. The van der Waals surface area contributed by atoms with Crippen molar-refractivity contribution in [3.05, 3.63) is 104 Å². The fourth-order valence-electron chi connectivity index (χ4n) is 3.53. The van der Waals surface area contributed by atoms with Gasteiger partial charge in [0.2, 0.25) is 0 Å². The van der Waals surface area contributed by atoms with Crippen molar-refractivity contribution in [2.24, 2.45) is 0 Å². The molecule has 1 aliphatic heterocycles. The Labute approximate surface area is 199 Å². The van der Waals surface area contributed by atoms with Crippen molar-refractivity contribution in [3.8, 4) is 5.75 Å². The Morgan fingerprint density at radius 2 is 1.74 bits per heavy atom. The van der Waals surface area contributed by atoms with Crippen LogP contribution in [-0.2, 0) is 4.79 Å². The topological polar surface area (TPSA) is 29.5 Å². The first kappa shape index (κ1) is 21.6. The molecule has 3 aromatic rings. The van der Waals surface area contributed by atoms with Crippen LogP contribution in [0.1, 0.15) is 23.6 Å². The molecule has 0 saturated carbocycles. The molecule has 0 atom stereocenters. The summed E-state index contributed by atoms with van der Waals surface area (Å²) in [6.45, 7) is 4.58. The van der Waals surface area contributed by atoms with Crippen molar-refractivity contribution in [2.45, 2.75) is 13.8 Å². The van der Waals surface area contributed by atoms with Crippen molar-refractivity contribution in [1.29, 1.82) is 0 Å². The molecule has 31 heavy (non-hydrogen) atoms. The van der Waals surface area contributed by atoms with E-state index >= 15 is 0 Å². The Bertz CT molecular complexity index is 1200. The summed E-state index contributed by atoms with van der Waals surface area (Å²) in [5.41, 5.74) is 5.34. The minimum absolute atomic E-state index is 0.0617. The van der Waals surface area contributed by atoms with Gasteiger partial charge in [-0.25, -0.2) is 0 Å². The smallest absolute Gasteiger partial charge is 0.262 e. The molecule has 0 spiro atoms. The van der Waals surface area contributed by atoms with Crippen LogP contribution in [-0.4, -0.2) is 12.5 Å². The van der Waals surface area contributed by atoms with Gasteiger partial charge >= 0.3 is 0 Å². The molecule has 3 nitrogen and oxygen atoms in total. The molecule has 156 valence electrons. The summed E-state index contributed by atoms with van der Waals surface area (Å²) in [6, 6.07) is 21.8. The summed E-state index contributed by atoms with van der Waals surface area (Å²) in [5.74, 6) is 0.724. The minimum atomic E-state index is -0.0617. The zero-order valence-electron chi connectivity index (χ0n) is 17.2. The molecule has 1 aliphatic rings. The van der Waals surface area contributed by atoms with Gasteiger partial charge in [0.1, 0.15) is 5.75 Å². The highest BCUT2D eigenvalue weighted by Crippen LogP contribution is 2.39. The fourth-order valence-corrected chi connectivity index (χ4v) is 4.71. The van der Waals surface area contributed by atoms with E-state index in [4.69, 9.17) is 4.74 Å². The second kappa shape index (κ2) is 9.25. The van der Waals surface area contributed by atoms with E-state index < -0.39 is 0 Å². The lowest BCUT2D eigenvalue weighted by Gasteiger charge is -2.22. The second-order valence-corrected chi connectivity index (χ2v) is 8.92. The van der Waals surface area contributed by atoms with Gasteiger partial charge in [0.05, 0.1) is 22.5 Å². The number of anilines is 1. The lowest BCUT2D eigenvalue weighted by molar-refractivity contribution is -0.113. The van der Waals surface area contributed by atoms with Gasteiger partial charge in [-0.2, -0.15) is 0 Å². The number of ether oxygens (including phenoxy) is 1. The maximum absolute atomic E-state index is 13.5. The SMILES string of the molecule is CCOc1ccc(/C=C2\C=C(c3ccccc3)N(c3ccc(C)cc3Br)C2=O)cc1Br. The van der Waals surface area contributed by atoms with Gasteiger partial charge in [-0.05, 0) is 98.8 Å². The van der Waals surface area contributed by atoms with Crippen LogP contribution >= 0.6 is 31.9 Å². The molecule has 0 aromatic heterocycles. The third-order valence-corrected chi connectivity index (χ3v) is 6.23. The summed E-state index contributed by atoms with van der Waals surface area (Å²) in [6.07, 6.45) is 3.86. The molecule has 4 rings (SSSR count). The van der Waals surface area contributed by atoms with E-state index in [1.807, 2.05) is 92.7 Å². The Morgan fingerprint density at radius 1 is 0.968 bits per heavy atom. The summed E-state index contributed by atoms with van der Waals surface area (Å²) < 4.78 is 7.34. The maximum atomic E-state index is 13.5. The average molecular weight is 539 g/mol. The maximum Gasteiger partial charge on any atom is 0.262 e. The van der Waals surface area contributed by atoms with Gasteiger partial charge in [-0.15, -0.1) is 0 Å². The highest BCUT2D eigenvalue weighted by Gasteiger charge is 2.31. The molecule has 0 fully saturated rings. The van der Waals surface area contributed by atoms with Crippen LogP contribution in [0.25, 0.3) is 11.8 Å². The molecule has 3 aromatic carbocycles. The number of hydrogen-bond acceptors (Lipinski definition) is 2. The van der Waals surface area contributed by atoms with Crippen LogP contribution < -0.4 is 9.64 Å². The number of hydrogen-bond donors (Lipinski definition) is 0. The van der Waals surface area contributed by atoms with Crippen molar-refractivity contribution in [2.75, 3.05) is 11.5 Å². The predicted molar refractivity (Wildman–Crippen MR) is 134 cm³/mol. The van der Waals surface area contributed by atoms with Crippen molar-refractivity contribution in [1.82, 2.24) is 0 Å². The highest BCUT2D eigenvalue weighted by atomic mass is 79.9. The van der Waals surface area contributed by atoms with Gasteiger partial charge in [-0.1, -0.05) is 42.5 Å². The summed E-state index contributed by atoms with van der Waals surface area (Å²) in [7, 11) is 0. The van der Waals surface area contributed by atoms with E-state index in [9.17, 15) is 4.79 Å². The summed E-state index contributed by atoms with van der Waals surface area (Å²) >= 11 is 7.20. The standard InChI is InChI=1S/C26H21Br2NO2/c1-3-31-25-12-10-18(15-22(25)28)14-20-16-24(19-7-5-4-6-8-19)29(26(20)30)23-11-9-17(2)13-21(23)27/h4-16H,3H2,1-2H3/b20-14+. The van der Waals surface area contributed by atoms with Crippen LogP contribution in [0.3, 0.4) is 0 Å². The number of amides is 1. The Kier molecular flexibility index (Phi) is 6.44. The van der Waals surface area contributed by atoms with E-state index in [0.29, 0.717) is 12.2 Å². The van der Waals surface area contributed by atoms with Crippen LogP contribution in [0.4, 0.5) is 5.69 Å². The number of halogens is 2. The molecule has 1 heterocycles. The molecule has 0 radical (unpaired) electrons. The van der Waals surface area contributed by atoms with Gasteiger partial charge in [-0.3, -0.25) is 9.69 Å². The largest absolute Gasteiger partial charge is 0.493 e. The summed E-state index contributed by atoms with van der Waals surface area (Å²) in [5, 5.41) is 0. The number of rotatable bonds is 5. The average Bonchev–Trinajstić information content (AvgIpc) is 3.07. The molecule has 5 heteroatoms. The number of carbonyl (C=O) groups is 1. The Balaban J connectivity index is 1.79. The Hall–Kier alpha value is -2.63. The zero-order chi connectivity index (χ0) is 22.0. The lowest BCUT2D eigenvalue weighted by Crippen LogP contribution is -2.25. The van der Waals surface area contributed by atoms with E-state index in [-0.39, 0.29) is 5.91 Å². The molecular formula is C26H21Br2NO2.